The third-order valence-corrected chi connectivity index (χ3v) is 3.23. The molecule has 1 saturated heterocycles. The van der Waals surface area contributed by atoms with Gasteiger partial charge in [0.1, 0.15) is 11.3 Å². The van der Waals surface area contributed by atoms with Gasteiger partial charge >= 0.3 is 6.09 Å². The maximum Gasteiger partial charge on any atom is 0.429 e. The molecule has 0 spiro atoms. The van der Waals surface area contributed by atoms with E-state index in [0.717, 1.165) is 17.7 Å². The molecule has 0 aromatic carbocycles. The largest absolute Gasteiger partial charge is 0.442 e. The quantitative estimate of drug-likeness (QED) is 0.865. The van der Waals surface area contributed by atoms with Crippen molar-refractivity contribution in [3.63, 3.8) is 0 Å². The standard InChI is InChI=1S/C15H23N3O3/c1-10-9-11(2)16-12(10)13(19)17-7-6-8-18(17)14(20)21-15(3,4)5/h9,16H,6-8H2,1-5H3. The molecule has 2 rings (SSSR count). The van der Waals surface area contributed by atoms with Gasteiger partial charge in [-0.05, 0) is 52.7 Å². The summed E-state index contributed by atoms with van der Waals surface area (Å²) >= 11 is 0. The average Bonchev–Trinajstić information content (AvgIpc) is 2.92. The number of carbonyl (C=O) groups is 2. The number of rotatable bonds is 1. The van der Waals surface area contributed by atoms with Gasteiger partial charge in [-0.3, -0.25) is 4.79 Å². The van der Waals surface area contributed by atoms with Gasteiger partial charge in [-0.15, -0.1) is 0 Å². The molecular formula is C15H23N3O3. The zero-order valence-corrected chi connectivity index (χ0v) is 13.3. The Morgan fingerprint density at radius 2 is 1.81 bits per heavy atom. The van der Waals surface area contributed by atoms with Gasteiger partial charge in [0.15, 0.2) is 0 Å². The summed E-state index contributed by atoms with van der Waals surface area (Å²) in [6.07, 6.45) is 0.276. The van der Waals surface area contributed by atoms with Crippen molar-refractivity contribution < 1.29 is 14.3 Å². The number of nitrogens with one attached hydrogen (secondary N) is 1. The number of hydrazine groups is 1. The van der Waals surface area contributed by atoms with Crippen LogP contribution in [0.4, 0.5) is 4.79 Å². The zero-order valence-electron chi connectivity index (χ0n) is 13.3. The molecular weight excluding hydrogens is 270 g/mol. The minimum atomic E-state index is -0.576. The molecule has 116 valence electrons. The molecule has 6 heteroatoms. The van der Waals surface area contributed by atoms with Gasteiger partial charge in [0.25, 0.3) is 5.91 Å². The first-order valence-electron chi connectivity index (χ1n) is 7.17. The van der Waals surface area contributed by atoms with E-state index < -0.39 is 11.7 Å². The Kier molecular flexibility index (Phi) is 3.98. The van der Waals surface area contributed by atoms with Gasteiger partial charge in [0, 0.05) is 18.8 Å². The lowest BCUT2D eigenvalue weighted by molar-refractivity contribution is -0.0195. The van der Waals surface area contributed by atoms with Gasteiger partial charge in [0.05, 0.1) is 0 Å². The van der Waals surface area contributed by atoms with E-state index in [9.17, 15) is 9.59 Å². The molecule has 1 aliphatic rings. The van der Waals surface area contributed by atoms with Gasteiger partial charge < -0.3 is 9.72 Å². The summed E-state index contributed by atoms with van der Waals surface area (Å²) in [6, 6.07) is 1.92. The molecule has 1 aromatic rings. The fraction of sp³-hybridized carbons (Fsp3) is 0.600. The topological polar surface area (TPSA) is 65.6 Å². The molecule has 0 atom stereocenters. The minimum Gasteiger partial charge on any atom is -0.442 e. The molecule has 0 unspecified atom stereocenters. The summed E-state index contributed by atoms with van der Waals surface area (Å²) in [5, 5.41) is 2.86. The lowest BCUT2D eigenvalue weighted by Gasteiger charge is -2.30. The predicted octanol–water partition coefficient (Wildman–Crippen LogP) is 2.63. The van der Waals surface area contributed by atoms with E-state index in [4.69, 9.17) is 4.74 Å². The van der Waals surface area contributed by atoms with Crippen molar-refractivity contribution in [2.45, 2.75) is 46.6 Å². The Morgan fingerprint density at radius 3 is 2.33 bits per heavy atom. The number of H-pyrrole nitrogens is 1. The first kappa shape index (κ1) is 15.4. The minimum absolute atomic E-state index is 0.191. The smallest absolute Gasteiger partial charge is 0.429 e. The van der Waals surface area contributed by atoms with Crippen molar-refractivity contribution in [3.05, 3.63) is 23.0 Å². The number of hydrogen-bond acceptors (Lipinski definition) is 3. The van der Waals surface area contributed by atoms with Crippen LogP contribution < -0.4 is 0 Å². The SMILES string of the molecule is Cc1cc(C)c(C(=O)N2CCCN2C(=O)OC(C)(C)C)[nH]1. The van der Waals surface area contributed by atoms with Crippen LogP contribution in [0, 0.1) is 13.8 Å². The van der Waals surface area contributed by atoms with E-state index in [1.54, 1.807) is 0 Å². The van der Waals surface area contributed by atoms with Crippen molar-refractivity contribution in [1.29, 1.82) is 0 Å². The van der Waals surface area contributed by atoms with Crippen molar-refractivity contribution in [1.82, 2.24) is 15.0 Å². The first-order chi connectivity index (χ1) is 9.69. The van der Waals surface area contributed by atoms with Crippen molar-refractivity contribution >= 4 is 12.0 Å². The number of aromatic nitrogens is 1. The predicted molar refractivity (Wildman–Crippen MR) is 78.9 cm³/mol. The monoisotopic (exact) mass is 293 g/mol. The molecule has 1 fully saturated rings. The molecule has 0 saturated carbocycles. The van der Waals surface area contributed by atoms with Crippen LogP contribution >= 0.6 is 0 Å². The number of hydrogen-bond donors (Lipinski definition) is 1. The Balaban J connectivity index is 2.17. The first-order valence-corrected chi connectivity index (χ1v) is 7.17. The Labute approximate surface area is 125 Å². The van der Waals surface area contributed by atoms with Crippen molar-refractivity contribution in [3.8, 4) is 0 Å². The van der Waals surface area contributed by atoms with Crippen LogP contribution in [-0.4, -0.2) is 45.7 Å². The molecule has 6 nitrogen and oxygen atoms in total. The summed E-state index contributed by atoms with van der Waals surface area (Å²) in [5.41, 5.74) is 1.77. The molecule has 1 N–H and O–H groups in total. The van der Waals surface area contributed by atoms with Crippen LogP contribution in [0.1, 0.15) is 48.9 Å². The number of carbonyl (C=O) groups excluding carboxylic acids is 2. The number of nitrogens with zero attached hydrogens (tertiary/aromatic N) is 2. The van der Waals surface area contributed by atoms with E-state index in [-0.39, 0.29) is 5.91 Å². The number of amides is 2. The highest BCUT2D eigenvalue weighted by atomic mass is 16.6. The summed E-state index contributed by atoms with van der Waals surface area (Å²) < 4.78 is 5.36. The van der Waals surface area contributed by atoms with Crippen LogP contribution in [0.3, 0.4) is 0 Å². The summed E-state index contributed by atoms with van der Waals surface area (Å²) in [5.74, 6) is -0.191. The zero-order chi connectivity index (χ0) is 15.8. The van der Waals surface area contributed by atoms with E-state index in [1.807, 2.05) is 40.7 Å². The highest BCUT2D eigenvalue weighted by molar-refractivity contribution is 5.95. The lowest BCUT2D eigenvalue weighted by Crippen LogP contribution is -2.47. The normalized spacial score (nSPS) is 15.5. The second kappa shape index (κ2) is 5.42. The second-order valence-corrected chi connectivity index (χ2v) is 6.40. The summed E-state index contributed by atoms with van der Waals surface area (Å²) in [6.45, 7) is 10.2. The van der Waals surface area contributed by atoms with Gasteiger partial charge in [-0.1, -0.05) is 0 Å². The molecule has 1 aromatic heterocycles. The fourth-order valence-corrected chi connectivity index (χ4v) is 2.41. The maximum absolute atomic E-state index is 12.6. The molecule has 2 amide bonds. The molecule has 2 heterocycles. The third kappa shape index (κ3) is 3.37. The molecule has 21 heavy (non-hydrogen) atoms. The van der Waals surface area contributed by atoms with E-state index in [2.05, 4.69) is 4.98 Å². The number of ether oxygens (including phenoxy) is 1. The van der Waals surface area contributed by atoms with E-state index in [1.165, 1.54) is 10.0 Å². The Morgan fingerprint density at radius 1 is 1.19 bits per heavy atom. The lowest BCUT2D eigenvalue weighted by atomic mass is 10.2. The fourth-order valence-electron chi connectivity index (χ4n) is 2.41. The molecule has 0 bridgehead atoms. The third-order valence-electron chi connectivity index (χ3n) is 3.23. The molecule has 1 aliphatic heterocycles. The molecule has 0 radical (unpaired) electrons. The van der Waals surface area contributed by atoms with Gasteiger partial charge in [-0.25, -0.2) is 14.8 Å². The maximum atomic E-state index is 12.6. The summed E-state index contributed by atoms with van der Waals surface area (Å²) in [7, 11) is 0. The van der Waals surface area contributed by atoms with Crippen LogP contribution in [0.2, 0.25) is 0 Å². The number of aryl methyl sites for hydroxylation is 2. The highest BCUT2D eigenvalue weighted by Crippen LogP contribution is 2.20. The second-order valence-electron chi connectivity index (χ2n) is 6.40. The van der Waals surface area contributed by atoms with Gasteiger partial charge in [0.2, 0.25) is 0 Å². The van der Waals surface area contributed by atoms with E-state index >= 15 is 0 Å². The highest BCUT2D eigenvalue weighted by Gasteiger charge is 2.35. The van der Waals surface area contributed by atoms with Crippen LogP contribution in [0.5, 0.6) is 0 Å². The van der Waals surface area contributed by atoms with Crippen LogP contribution in [0.25, 0.3) is 0 Å². The Hall–Kier alpha value is -1.98. The van der Waals surface area contributed by atoms with E-state index in [0.29, 0.717) is 18.8 Å². The van der Waals surface area contributed by atoms with Crippen molar-refractivity contribution in [2.24, 2.45) is 0 Å². The number of aromatic amines is 1. The van der Waals surface area contributed by atoms with Crippen LogP contribution in [0.15, 0.2) is 6.07 Å². The van der Waals surface area contributed by atoms with Crippen molar-refractivity contribution in [2.75, 3.05) is 13.1 Å². The van der Waals surface area contributed by atoms with Crippen LogP contribution in [-0.2, 0) is 4.74 Å². The average molecular weight is 293 g/mol. The summed E-state index contributed by atoms with van der Waals surface area (Å²) in [4.78, 5) is 27.9. The molecule has 0 aliphatic carbocycles. The Bertz CT molecular complexity index is 557. The van der Waals surface area contributed by atoms with Gasteiger partial charge in [-0.2, -0.15) is 0 Å².